The zero-order valence-corrected chi connectivity index (χ0v) is 13.3. The third-order valence-electron chi connectivity index (χ3n) is 2.56. The summed E-state index contributed by atoms with van der Waals surface area (Å²) in [5.41, 5.74) is 9.67. The lowest BCUT2D eigenvalue weighted by molar-refractivity contribution is 1.28. The highest BCUT2D eigenvalue weighted by atomic mass is 79.9. The van der Waals surface area contributed by atoms with Crippen LogP contribution in [0.5, 0.6) is 0 Å². The van der Waals surface area contributed by atoms with Crippen molar-refractivity contribution in [3.63, 3.8) is 0 Å². The number of nitrogen functional groups attached to an aromatic ring is 1. The van der Waals surface area contributed by atoms with Crippen molar-refractivity contribution in [2.45, 2.75) is 13.8 Å². The molecule has 1 aromatic heterocycles. The average Bonchev–Trinajstić information content (AvgIpc) is 2.29. The van der Waals surface area contributed by atoms with Crippen LogP contribution in [0.3, 0.4) is 0 Å². The van der Waals surface area contributed by atoms with Gasteiger partial charge in [0, 0.05) is 10.2 Å². The Morgan fingerprint density at radius 3 is 2.28 bits per heavy atom. The first-order valence-electron chi connectivity index (χ1n) is 5.42. The molecule has 0 unspecified atom stereocenters. The number of hydrogen-bond donors (Lipinski definition) is 2. The molecule has 2 rings (SSSR count). The molecule has 0 atom stereocenters. The van der Waals surface area contributed by atoms with E-state index in [1.807, 2.05) is 6.07 Å². The summed E-state index contributed by atoms with van der Waals surface area (Å²) in [6.45, 7) is 4.13. The number of nitrogens with two attached hydrogens (primary N) is 1. The second-order valence-corrected chi connectivity index (χ2v) is 5.80. The number of nitrogens with one attached hydrogen (secondary N) is 1. The van der Waals surface area contributed by atoms with Crippen LogP contribution in [-0.2, 0) is 0 Å². The van der Waals surface area contributed by atoms with Crippen molar-refractivity contribution in [3.05, 3.63) is 44.5 Å². The lowest BCUT2D eigenvalue weighted by atomic mass is 10.1. The molecule has 0 aliphatic rings. The summed E-state index contributed by atoms with van der Waals surface area (Å²) >= 11 is 7.00. The maximum Gasteiger partial charge on any atom is 0.144 e. The van der Waals surface area contributed by atoms with Gasteiger partial charge in [-0.25, -0.2) is 4.98 Å². The molecule has 0 spiro atoms. The second kappa shape index (κ2) is 5.28. The van der Waals surface area contributed by atoms with E-state index in [9.17, 15) is 0 Å². The van der Waals surface area contributed by atoms with E-state index < -0.39 is 0 Å². The van der Waals surface area contributed by atoms with Gasteiger partial charge in [-0.1, -0.05) is 15.9 Å². The lowest BCUT2D eigenvalue weighted by Gasteiger charge is -2.11. The molecule has 1 aromatic carbocycles. The van der Waals surface area contributed by atoms with Crippen LogP contribution in [0.25, 0.3) is 0 Å². The first kappa shape index (κ1) is 13.4. The van der Waals surface area contributed by atoms with Crippen LogP contribution in [0, 0.1) is 13.8 Å². The molecule has 0 saturated carbocycles. The van der Waals surface area contributed by atoms with Crippen molar-refractivity contribution in [2.75, 3.05) is 11.1 Å². The monoisotopic (exact) mass is 369 g/mol. The third kappa shape index (κ3) is 2.84. The maximum absolute atomic E-state index is 5.66. The highest BCUT2D eigenvalue weighted by Gasteiger charge is 2.06. The fourth-order valence-corrected chi connectivity index (χ4v) is 2.39. The van der Waals surface area contributed by atoms with Crippen LogP contribution < -0.4 is 11.1 Å². The van der Waals surface area contributed by atoms with Crippen LogP contribution in [0.15, 0.2) is 33.3 Å². The zero-order valence-electron chi connectivity index (χ0n) is 10.1. The first-order chi connectivity index (χ1) is 8.47. The third-order valence-corrected chi connectivity index (χ3v) is 4.42. The molecular formula is C13H13Br2N3. The van der Waals surface area contributed by atoms with Crippen molar-refractivity contribution in [3.8, 4) is 0 Å². The Hall–Kier alpha value is -1.07. The van der Waals surface area contributed by atoms with Gasteiger partial charge < -0.3 is 11.1 Å². The van der Waals surface area contributed by atoms with Crippen LogP contribution >= 0.6 is 31.9 Å². The van der Waals surface area contributed by atoms with Crippen LogP contribution in [0.4, 0.5) is 17.2 Å². The summed E-state index contributed by atoms with van der Waals surface area (Å²) in [7, 11) is 0. The first-order valence-corrected chi connectivity index (χ1v) is 7.01. The highest BCUT2D eigenvalue weighted by molar-refractivity contribution is 9.11. The molecule has 18 heavy (non-hydrogen) atoms. The molecule has 0 amide bonds. The summed E-state index contributed by atoms with van der Waals surface area (Å²) in [5.74, 6) is 0.755. The van der Waals surface area contributed by atoms with Gasteiger partial charge in [-0.05, 0) is 59.1 Å². The maximum atomic E-state index is 5.66. The number of benzene rings is 1. The van der Waals surface area contributed by atoms with Gasteiger partial charge in [0.25, 0.3) is 0 Å². The van der Waals surface area contributed by atoms with Gasteiger partial charge in [-0.15, -0.1) is 0 Å². The predicted octanol–water partition coefficient (Wildman–Crippen LogP) is 4.55. The molecule has 0 aliphatic heterocycles. The van der Waals surface area contributed by atoms with Crippen LogP contribution in [0.1, 0.15) is 11.1 Å². The fourth-order valence-electron chi connectivity index (χ4n) is 1.70. The van der Waals surface area contributed by atoms with E-state index in [0.717, 1.165) is 20.5 Å². The van der Waals surface area contributed by atoms with Gasteiger partial charge in [0.1, 0.15) is 5.82 Å². The number of hydrogen-bond acceptors (Lipinski definition) is 3. The Morgan fingerprint density at radius 1 is 1.11 bits per heavy atom. The minimum Gasteiger partial charge on any atom is -0.397 e. The molecule has 0 radical (unpaired) electrons. The number of pyridine rings is 1. The molecule has 0 fully saturated rings. The van der Waals surface area contributed by atoms with E-state index in [1.54, 1.807) is 6.20 Å². The van der Waals surface area contributed by atoms with Gasteiger partial charge in [-0.3, -0.25) is 0 Å². The number of aromatic nitrogens is 1. The summed E-state index contributed by atoms with van der Waals surface area (Å²) in [6, 6.07) is 5.97. The van der Waals surface area contributed by atoms with Gasteiger partial charge in [-0.2, -0.15) is 0 Å². The molecular weight excluding hydrogens is 358 g/mol. The smallest absolute Gasteiger partial charge is 0.144 e. The molecule has 0 saturated heterocycles. The van der Waals surface area contributed by atoms with E-state index in [0.29, 0.717) is 5.69 Å². The number of halogens is 2. The van der Waals surface area contributed by atoms with Crippen molar-refractivity contribution < 1.29 is 0 Å². The molecule has 3 nitrogen and oxygen atoms in total. The fraction of sp³-hybridized carbons (Fsp3) is 0.154. The Balaban J connectivity index is 2.34. The summed E-state index contributed by atoms with van der Waals surface area (Å²) in [6.07, 6.45) is 1.63. The SMILES string of the molecule is Cc1cc(Nc2ncc(N)cc2Br)cc(C)c1Br. The topological polar surface area (TPSA) is 50.9 Å². The Bertz CT molecular complexity index is 574. The largest absolute Gasteiger partial charge is 0.397 e. The number of rotatable bonds is 2. The number of anilines is 3. The molecule has 0 aliphatic carbocycles. The van der Waals surface area contributed by atoms with Crippen molar-refractivity contribution in [1.29, 1.82) is 0 Å². The van der Waals surface area contributed by atoms with E-state index in [1.165, 1.54) is 11.1 Å². The minimum atomic E-state index is 0.635. The molecule has 0 bridgehead atoms. The normalized spacial score (nSPS) is 10.4. The van der Waals surface area contributed by atoms with Gasteiger partial charge >= 0.3 is 0 Å². The van der Waals surface area contributed by atoms with Gasteiger partial charge in [0.2, 0.25) is 0 Å². The summed E-state index contributed by atoms with van der Waals surface area (Å²) < 4.78 is 1.98. The standard InChI is InChI=1S/C13H13Br2N3/c1-7-3-10(4-8(2)12(7)15)18-13-11(14)5-9(16)6-17-13/h3-6H,16H2,1-2H3,(H,17,18). The Morgan fingerprint density at radius 2 is 1.72 bits per heavy atom. The van der Waals surface area contributed by atoms with Crippen molar-refractivity contribution >= 4 is 49.1 Å². The van der Waals surface area contributed by atoms with Crippen LogP contribution in [0.2, 0.25) is 0 Å². The predicted molar refractivity (Wildman–Crippen MR) is 83.2 cm³/mol. The lowest BCUT2D eigenvalue weighted by Crippen LogP contribution is -1.97. The molecule has 5 heteroatoms. The average molecular weight is 371 g/mol. The number of nitrogens with zero attached hydrogens (tertiary/aromatic N) is 1. The highest BCUT2D eigenvalue weighted by Crippen LogP contribution is 2.29. The Labute approximate surface area is 123 Å². The van der Waals surface area contributed by atoms with E-state index in [4.69, 9.17) is 5.73 Å². The number of aryl methyl sites for hydroxylation is 2. The van der Waals surface area contributed by atoms with Gasteiger partial charge in [0.05, 0.1) is 16.4 Å². The van der Waals surface area contributed by atoms with Gasteiger partial charge in [0.15, 0.2) is 0 Å². The second-order valence-electron chi connectivity index (χ2n) is 4.15. The molecule has 94 valence electrons. The van der Waals surface area contributed by atoms with Crippen molar-refractivity contribution in [1.82, 2.24) is 4.98 Å². The summed E-state index contributed by atoms with van der Waals surface area (Å²) in [5, 5.41) is 3.27. The van der Waals surface area contributed by atoms with E-state index in [2.05, 4.69) is 68.1 Å². The van der Waals surface area contributed by atoms with E-state index >= 15 is 0 Å². The minimum absolute atomic E-state index is 0.635. The molecule has 3 N–H and O–H groups in total. The van der Waals surface area contributed by atoms with Crippen molar-refractivity contribution in [2.24, 2.45) is 0 Å². The summed E-state index contributed by atoms with van der Waals surface area (Å²) in [4.78, 5) is 4.26. The van der Waals surface area contributed by atoms with Crippen LogP contribution in [-0.4, -0.2) is 4.98 Å². The Kier molecular flexibility index (Phi) is 3.92. The molecule has 2 aromatic rings. The quantitative estimate of drug-likeness (QED) is 0.815. The zero-order chi connectivity index (χ0) is 13.3. The van der Waals surface area contributed by atoms with E-state index in [-0.39, 0.29) is 0 Å². The molecule has 1 heterocycles.